The number of rotatable bonds is 2. The second kappa shape index (κ2) is 3.87. The van der Waals surface area contributed by atoms with Crippen LogP contribution in [0.4, 0.5) is 18.0 Å². The average Bonchev–Trinajstić information content (AvgIpc) is 1.99. The molecule has 1 rings (SSSR count). The van der Waals surface area contributed by atoms with E-state index in [4.69, 9.17) is 0 Å². The smallest absolute Gasteiger partial charge is 0.277 e. The van der Waals surface area contributed by atoms with Crippen LogP contribution in [-0.2, 0) is 9.59 Å². The maximum absolute atomic E-state index is 11.8. The average molecular weight is 224 g/mol. The van der Waals surface area contributed by atoms with E-state index >= 15 is 0 Å². The third-order valence-corrected chi connectivity index (χ3v) is 1.72. The lowest BCUT2D eigenvalue weighted by Crippen LogP contribution is -2.53. The van der Waals surface area contributed by atoms with Gasteiger partial charge in [0.15, 0.2) is 0 Å². The first-order valence-corrected chi connectivity index (χ1v) is 4.00. The van der Waals surface area contributed by atoms with E-state index < -0.39 is 43.4 Å². The molecule has 4 amide bonds. The van der Waals surface area contributed by atoms with Crippen molar-refractivity contribution in [3.8, 4) is 0 Å². The van der Waals surface area contributed by atoms with Crippen LogP contribution in [-0.4, -0.2) is 35.5 Å². The Kier molecular flexibility index (Phi) is 2.96. The number of carbonyl (C=O) groups excluding carboxylic acids is 3. The molecule has 1 saturated heterocycles. The summed E-state index contributed by atoms with van der Waals surface area (Å²) in [7, 11) is 0. The van der Waals surface area contributed by atoms with Gasteiger partial charge in [-0.3, -0.25) is 19.8 Å². The Labute approximate surface area is 82.2 Å². The normalized spacial score (nSPS) is 18.1. The minimum Gasteiger partial charge on any atom is -0.277 e. The van der Waals surface area contributed by atoms with Gasteiger partial charge in [-0.2, -0.15) is 13.2 Å². The van der Waals surface area contributed by atoms with E-state index in [2.05, 4.69) is 0 Å². The number of barbiturate groups is 1. The van der Waals surface area contributed by atoms with E-state index in [0.717, 1.165) is 0 Å². The molecule has 0 saturated carbocycles. The number of urea groups is 1. The van der Waals surface area contributed by atoms with Gasteiger partial charge in [0.05, 0.1) is 6.42 Å². The van der Waals surface area contributed by atoms with Crippen LogP contribution < -0.4 is 5.32 Å². The largest absolute Gasteiger partial charge is 0.390 e. The maximum atomic E-state index is 11.8. The fourth-order valence-corrected chi connectivity index (χ4v) is 1.04. The summed E-state index contributed by atoms with van der Waals surface area (Å²) in [6.45, 7) is -0.762. The van der Waals surface area contributed by atoms with E-state index in [0.29, 0.717) is 4.90 Å². The molecule has 0 radical (unpaired) electrons. The lowest BCUT2D eigenvalue weighted by molar-refractivity contribution is -0.144. The highest BCUT2D eigenvalue weighted by Gasteiger charge is 2.34. The Morgan fingerprint density at radius 1 is 1.27 bits per heavy atom. The standard InChI is InChI=1S/C7H7F3N2O3/c8-7(9,10)1-2-12-5(14)3-4(13)11-6(12)15/h1-3H2,(H,11,13,15). The molecule has 0 aliphatic carbocycles. The molecule has 0 bridgehead atoms. The number of halogens is 3. The lowest BCUT2D eigenvalue weighted by Gasteiger charge is -2.24. The molecule has 0 atom stereocenters. The molecule has 5 nitrogen and oxygen atoms in total. The van der Waals surface area contributed by atoms with E-state index in [1.54, 1.807) is 5.32 Å². The van der Waals surface area contributed by atoms with Crippen molar-refractivity contribution in [1.82, 2.24) is 10.2 Å². The van der Waals surface area contributed by atoms with Gasteiger partial charge in [-0.25, -0.2) is 4.79 Å². The molecule has 84 valence electrons. The third kappa shape index (κ3) is 3.22. The van der Waals surface area contributed by atoms with Gasteiger partial charge in [-0.15, -0.1) is 0 Å². The first kappa shape index (κ1) is 11.5. The van der Waals surface area contributed by atoms with E-state index in [9.17, 15) is 27.6 Å². The maximum Gasteiger partial charge on any atom is 0.390 e. The molecule has 1 fully saturated rings. The van der Waals surface area contributed by atoms with Crippen LogP contribution in [0.25, 0.3) is 0 Å². The predicted octanol–water partition coefficient (Wildman–Crippen LogP) is 0.407. The highest BCUT2D eigenvalue weighted by molar-refractivity contribution is 6.14. The van der Waals surface area contributed by atoms with Crippen molar-refractivity contribution in [2.45, 2.75) is 19.0 Å². The molecule has 0 spiro atoms. The van der Waals surface area contributed by atoms with Crippen molar-refractivity contribution in [2.75, 3.05) is 6.54 Å². The van der Waals surface area contributed by atoms with E-state index in [1.165, 1.54) is 0 Å². The molecule has 1 aliphatic rings. The first-order chi connectivity index (χ1) is 6.79. The van der Waals surface area contributed by atoms with Gasteiger partial charge in [-0.1, -0.05) is 0 Å². The number of alkyl halides is 3. The van der Waals surface area contributed by atoms with E-state index in [-0.39, 0.29) is 0 Å². The van der Waals surface area contributed by atoms with Crippen LogP contribution in [0.5, 0.6) is 0 Å². The number of carbonyl (C=O) groups is 3. The fourth-order valence-electron chi connectivity index (χ4n) is 1.04. The third-order valence-electron chi connectivity index (χ3n) is 1.72. The molecule has 0 unspecified atom stereocenters. The number of hydrogen-bond acceptors (Lipinski definition) is 3. The predicted molar refractivity (Wildman–Crippen MR) is 40.5 cm³/mol. The Morgan fingerprint density at radius 2 is 1.87 bits per heavy atom. The summed E-state index contributed by atoms with van der Waals surface area (Å²) in [6.07, 6.45) is -6.31. The molecular formula is C7H7F3N2O3. The highest BCUT2D eigenvalue weighted by atomic mass is 19.4. The summed E-state index contributed by atoms with van der Waals surface area (Å²) in [4.78, 5) is 33.0. The van der Waals surface area contributed by atoms with Crippen LogP contribution in [0.3, 0.4) is 0 Å². The van der Waals surface area contributed by atoms with Crippen molar-refractivity contribution in [1.29, 1.82) is 0 Å². The number of nitrogens with one attached hydrogen (secondary N) is 1. The zero-order chi connectivity index (χ0) is 11.6. The van der Waals surface area contributed by atoms with Gasteiger partial charge in [-0.05, 0) is 0 Å². The molecule has 1 N–H and O–H groups in total. The number of imide groups is 2. The first-order valence-electron chi connectivity index (χ1n) is 4.00. The number of amides is 4. The van der Waals surface area contributed by atoms with Gasteiger partial charge in [0.1, 0.15) is 6.42 Å². The summed E-state index contributed by atoms with van der Waals surface area (Å²) < 4.78 is 35.4. The molecule has 0 aromatic rings. The molecule has 1 aliphatic heterocycles. The van der Waals surface area contributed by atoms with Crippen LogP contribution in [0.1, 0.15) is 12.8 Å². The summed E-state index contributed by atoms with van der Waals surface area (Å²) in [5, 5.41) is 1.76. The van der Waals surface area contributed by atoms with Gasteiger partial charge < -0.3 is 0 Å². The monoisotopic (exact) mass is 224 g/mol. The van der Waals surface area contributed by atoms with Crippen molar-refractivity contribution >= 4 is 17.8 Å². The Morgan fingerprint density at radius 3 is 2.33 bits per heavy atom. The van der Waals surface area contributed by atoms with Gasteiger partial charge in [0.2, 0.25) is 11.8 Å². The lowest BCUT2D eigenvalue weighted by atomic mass is 10.2. The van der Waals surface area contributed by atoms with Gasteiger partial charge >= 0.3 is 12.2 Å². The second-order valence-electron chi connectivity index (χ2n) is 2.94. The molecule has 0 aromatic carbocycles. The summed E-state index contributed by atoms with van der Waals surface area (Å²) in [6, 6.07) is -1.10. The summed E-state index contributed by atoms with van der Waals surface area (Å²) in [5.74, 6) is -1.71. The molecule has 8 heteroatoms. The molecular weight excluding hydrogens is 217 g/mol. The topological polar surface area (TPSA) is 66.5 Å². The van der Waals surface area contributed by atoms with Crippen molar-refractivity contribution in [3.05, 3.63) is 0 Å². The Bertz CT molecular complexity index is 293. The SMILES string of the molecule is O=C1CC(=O)N(CCC(F)(F)F)C(=O)N1. The minimum absolute atomic E-state index is 0.384. The zero-order valence-corrected chi connectivity index (χ0v) is 7.43. The highest BCUT2D eigenvalue weighted by Crippen LogP contribution is 2.20. The van der Waals surface area contributed by atoms with Crippen molar-refractivity contribution in [2.24, 2.45) is 0 Å². The summed E-state index contributed by atoms with van der Waals surface area (Å²) in [5.41, 5.74) is 0. The minimum atomic E-state index is -4.44. The van der Waals surface area contributed by atoms with Crippen molar-refractivity contribution in [3.63, 3.8) is 0 Å². The summed E-state index contributed by atoms with van der Waals surface area (Å²) >= 11 is 0. The second-order valence-corrected chi connectivity index (χ2v) is 2.94. The van der Waals surface area contributed by atoms with Crippen LogP contribution in [0.15, 0.2) is 0 Å². The van der Waals surface area contributed by atoms with Crippen LogP contribution >= 0.6 is 0 Å². The van der Waals surface area contributed by atoms with Crippen LogP contribution in [0, 0.1) is 0 Å². The van der Waals surface area contributed by atoms with Crippen molar-refractivity contribution < 1.29 is 27.6 Å². The number of nitrogens with zero attached hydrogens (tertiary/aromatic N) is 1. The molecule has 1 heterocycles. The van der Waals surface area contributed by atoms with E-state index in [1.807, 2.05) is 0 Å². The zero-order valence-electron chi connectivity index (χ0n) is 7.43. The molecule has 0 aromatic heterocycles. The van der Waals surface area contributed by atoms with Crippen LogP contribution in [0.2, 0.25) is 0 Å². The Hall–Kier alpha value is -1.60. The number of hydrogen-bond donors (Lipinski definition) is 1. The van der Waals surface area contributed by atoms with Gasteiger partial charge in [0, 0.05) is 6.54 Å². The molecule has 15 heavy (non-hydrogen) atoms. The van der Waals surface area contributed by atoms with Gasteiger partial charge in [0.25, 0.3) is 0 Å². The Balaban J connectivity index is 2.58. The fraction of sp³-hybridized carbons (Fsp3) is 0.571. The quantitative estimate of drug-likeness (QED) is 0.690.